The van der Waals surface area contributed by atoms with Gasteiger partial charge in [0.25, 0.3) is 0 Å². The van der Waals surface area contributed by atoms with Crippen molar-refractivity contribution in [3.63, 3.8) is 0 Å². The van der Waals surface area contributed by atoms with Crippen molar-refractivity contribution in [1.29, 1.82) is 0 Å². The second kappa shape index (κ2) is 11.4. The van der Waals surface area contributed by atoms with E-state index in [4.69, 9.17) is 39.0 Å². The Morgan fingerprint density at radius 3 is 2.58 bits per heavy atom. The smallest absolute Gasteiger partial charge is 0.426 e. The Morgan fingerprint density at radius 2 is 1.96 bits per heavy atom. The first-order valence-corrected chi connectivity index (χ1v) is 9.02. The molecule has 0 bridgehead atoms. The van der Waals surface area contributed by atoms with Crippen LogP contribution in [0.4, 0.5) is 0 Å². The van der Waals surface area contributed by atoms with E-state index < -0.39 is 13.1 Å². The van der Waals surface area contributed by atoms with Crippen molar-refractivity contribution in [2.45, 2.75) is 31.6 Å². The molecule has 0 saturated carbocycles. The highest BCUT2D eigenvalue weighted by Gasteiger charge is 2.18. The molecule has 10 heteroatoms. The number of nitrogens with two attached hydrogens (primary N) is 1. The van der Waals surface area contributed by atoms with Gasteiger partial charge in [0.05, 0.1) is 23.0 Å². The number of carbonyl (C=O) groups is 2. The summed E-state index contributed by atoms with van der Waals surface area (Å²) in [6, 6.07) is 4.97. The highest BCUT2D eigenvalue weighted by Crippen LogP contribution is 2.22. The van der Waals surface area contributed by atoms with Crippen LogP contribution >= 0.6 is 23.2 Å². The fourth-order valence-corrected chi connectivity index (χ4v) is 2.52. The lowest BCUT2D eigenvalue weighted by atomic mass is 9.77. The molecule has 144 valence electrons. The lowest BCUT2D eigenvalue weighted by Crippen LogP contribution is -2.40. The van der Waals surface area contributed by atoms with Crippen LogP contribution in [0.25, 0.3) is 0 Å². The number of unbranched alkanes of at least 4 members (excludes halogenated alkanes) is 1. The maximum absolute atomic E-state index is 12.2. The van der Waals surface area contributed by atoms with Gasteiger partial charge >= 0.3 is 7.12 Å². The van der Waals surface area contributed by atoms with Gasteiger partial charge in [-0.3, -0.25) is 9.59 Å². The Balaban J connectivity index is 2.28. The van der Waals surface area contributed by atoms with E-state index in [0.29, 0.717) is 35.9 Å². The minimum Gasteiger partial charge on any atom is -0.426 e. The molecule has 1 aromatic carbocycles. The second-order valence-corrected chi connectivity index (χ2v) is 6.91. The molecule has 0 aliphatic heterocycles. The fourth-order valence-electron chi connectivity index (χ4n) is 2.20. The van der Waals surface area contributed by atoms with Crippen molar-refractivity contribution in [2.24, 2.45) is 5.73 Å². The third-order valence-corrected chi connectivity index (χ3v) is 4.55. The number of hydrogen-bond donors (Lipinski definition) is 4. The molecule has 1 aromatic rings. The minimum atomic E-state index is -1.53. The average molecular weight is 404 g/mol. The molecule has 1 unspecified atom stereocenters. The molecule has 26 heavy (non-hydrogen) atoms. The highest BCUT2D eigenvalue weighted by atomic mass is 35.5. The first-order valence-electron chi connectivity index (χ1n) is 8.27. The number of nitrogens with one attached hydrogen (secondary N) is 1. The number of benzene rings is 1. The summed E-state index contributed by atoms with van der Waals surface area (Å²) >= 11 is 11.8. The van der Waals surface area contributed by atoms with Crippen LogP contribution in [0.2, 0.25) is 10.0 Å². The van der Waals surface area contributed by atoms with E-state index in [-0.39, 0.29) is 24.8 Å². The minimum absolute atomic E-state index is 0.0466. The van der Waals surface area contributed by atoms with E-state index in [2.05, 4.69) is 5.32 Å². The van der Waals surface area contributed by atoms with E-state index in [1.54, 1.807) is 25.2 Å². The van der Waals surface area contributed by atoms with Crippen LogP contribution in [0.1, 0.15) is 24.8 Å². The molecule has 1 rings (SSSR count). The molecule has 0 fully saturated rings. The Hall–Kier alpha value is -1.32. The van der Waals surface area contributed by atoms with E-state index in [1.165, 1.54) is 4.90 Å². The number of likely N-dealkylation sites (N-methyl/N-ethyl adjacent to an activating group) is 1. The summed E-state index contributed by atoms with van der Waals surface area (Å²) in [6.45, 7) is 0.386. The summed E-state index contributed by atoms with van der Waals surface area (Å²) < 4.78 is 0. The van der Waals surface area contributed by atoms with Gasteiger partial charge in [0, 0.05) is 19.5 Å². The summed E-state index contributed by atoms with van der Waals surface area (Å²) in [5.41, 5.74) is 6.21. The van der Waals surface area contributed by atoms with Gasteiger partial charge in [-0.2, -0.15) is 0 Å². The normalized spacial score (nSPS) is 11.8. The summed E-state index contributed by atoms with van der Waals surface area (Å²) in [5, 5.41) is 21.2. The van der Waals surface area contributed by atoms with Crippen LogP contribution < -0.4 is 11.1 Å². The Morgan fingerprint density at radius 1 is 1.27 bits per heavy atom. The van der Waals surface area contributed by atoms with E-state index in [1.807, 2.05) is 0 Å². The first-order chi connectivity index (χ1) is 12.2. The third kappa shape index (κ3) is 8.38. The Bertz CT molecular complexity index is 619. The maximum Gasteiger partial charge on any atom is 0.469 e. The number of carbonyl (C=O) groups excluding carboxylic acids is 2. The predicted octanol–water partition coefficient (Wildman–Crippen LogP) is 0.620. The van der Waals surface area contributed by atoms with Crippen molar-refractivity contribution in [3.05, 3.63) is 33.8 Å². The van der Waals surface area contributed by atoms with Gasteiger partial charge < -0.3 is 26.0 Å². The number of hydrogen-bond acceptors (Lipinski definition) is 5. The molecule has 0 aliphatic carbocycles. The lowest BCUT2D eigenvalue weighted by Gasteiger charge is -2.17. The maximum atomic E-state index is 12.2. The number of halogens is 2. The van der Waals surface area contributed by atoms with Crippen LogP contribution in [-0.2, 0) is 16.0 Å². The molecule has 0 aliphatic rings. The topological polar surface area (TPSA) is 116 Å². The SMILES string of the molecule is CN(CC(=O)NCCCCC(N)B(O)O)C(=O)Cc1ccc(Cl)c(Cl)c1. The van der Waals surface area contributed by atoms with Crippen molar-refractivity contribution in [3.8, 4) is 0 Å². The molecule has 0 saturated heterocycles. The highest BCUT2D eigenvalue weighted by molar-refractivity contribution is 6.43. The standard InChI is InChI=1S/C16H24BCl2N3O4/c1-22(16(24)9-11-5-6-12(18)13(19)8-11)10-15(23)21-7-3-2-4-14(20)17(25)26/h5-6,8,14,25-26H,2-4,7,9-10,20H2,1H3,(H,21,23). The predicted molar refractivity (Wildman–Crippen MR) is 103 cm³/mol. The average Bonchev–Trinajstić information content (AvgIpc) is 2.57. The molecule has 5 N–H and O–H groups in total. The third-order valence-electron chi connectivity index (χ3n) is 3.82. The van der Waals surface area contributed by atoms with Crippen LogP contribution in [0.3, 0.4) is 0 Å². The van der Waals surface area contributed by atoms with Crippen LogP contribution in [0.15, 0.2) is 18.2 Å². The zero-order valence-electron chi connectivity index (χ0n) is 14.6. The van der Waals surface area contributed by atoms with Gasteiger partial charge in [-0.15, -0.1) is 0 Å². The van der Waals surface area contributed by atoms with E-state index >= 15 is 0 Å². The molecule has 0 spiro atoms. The number of rotatable bonds is 10. The van der Waals surface area contributed by atoms with Crippen LogP contribution in [0, 0.1) is 0 Å². The zero-order valence-corrected chi connectivity index (χ0v) is 16.1. The van der Waals surface area contributed by atoms with Gasteiger partial charge in [-0.1, -0.05) is 35.7 Å². The van der Waals surface area contributed by atoms with E-state index in [0.717, 1.165) is 5.56 Å². The molecular weight excluding hydrogens is 380 g/mol. The molecule has 0 aromatic heterocycles. The van der Waals surface area contributed by atoms with Crippen LogP contribution in [-0.4, -0.2) is 60.0 Å². The van der Waals surface area contributed by atoms with Gasteiger partial charge in [-0.05, 0) is 30.5 Å². The molecule has 1 atom stereocenters. The van der Waals surface area contributed by atoms with Crippen molar-refractivity contribution < 1.29 is 19.6 Å². The van der Waals surface area contributed by atoms with Crippen LogP contribution in [0.5, 0.6) is 0 Å². The van der Waals surface area contributed by atoms with Crippen molar-refractivity contribution >= 4 is 42.1 Å². The Labute approximate surface area is 163 Å². The molecule has 0 radical (unpaired) electrons. The second-order valence-electron chi connectivity index (χ2n) is 6.10. The van der Waals surface area contributed by atoms with Gasteiger partial charge in [0.1, 0.15) is 0 Å². The summed E-state index contributed by atoms with van der Waals surface area (Å²) in [5.74, 6) is -1.15. The molecule has 7 nitrogen and oxygen atoms in total. The van der Waals surface area contributed by atoms with Gasteiger partial charge in [0.2, 0.25) is 11.8 Å². The molecular formula is C16H24BCl2N3O4. The summed E-state index contributed by atoms with van der Waals surface area (Å²) in [6.07, 6.45) is 1.90. The summed E-state index contributed by atoms with van der Waals surface area (Å²) in [7, 11) is 0.0287. The first kappa shape index (κ1) is 22.7. The van der Waals surface area contributed by atoms with Crippen molar-refractivity contribution in [2.75, 3.05) is 20.1 Å². The monoisotopic (exact) mass is 403 g/mol. The fraction of sp³-hybridized carbons (Fsp3) is 0.500. The number of amides is 2. The van der Waals surface area contributed by atoms with Gasteiger partial charge in [-0.25, -0.2) is 0 Å². The summed E-state index contributed by atoms with van der Waals surface area (Å²) in [4.78, 5) is 25.4. The van der Waals surface area contributed by atoms with Crippen molar-refractivity contribution in [1.82, 2.24) is 10.2 Å². The molecule has 2 amide bonds. The number of nitrogens with zero attached hydrogens (tertiary/aromatic N) is 1. The zero-order chi connectivity index (χ0) is 19.7. The lowest BCUT2D eigenvalue weighted by molar-refractivity contribution is -0.134. The van der Waals surface area contributed by atoms with E-state index in [9.17, 15) is 9.59 Å². The Kier molecular flexibility index (Phi) is 9.97. The molecule has 0 heterocycles. The largest absolute Gasteiger partial charge is 0.469 e. The van der Waals surface area contributed by atoms with Gasteiger partial charge in [0.15, 0.2) is 0 Å². The quantitative estimate of drug-likeness (QED) is 0.337.